The number of halogens is 1. The van der Waals surface area contributed by atoms with Crippen LogP contribution in [0.5, 0.6) is 0 Å². The zero-order valence-electron chi connectivity index (χ0n) is 7.81. The third-order valence-corrected chi connectivity index (χ3v) is 2.40. The van der Waals surface area contributed by atoms with Crippen LogP contribution < -0.4 is 5.69 Å². The standard InChI is InChI=1S/C11H8N2O.ClH/c14-11-12-6-5-9-7-8-3-1-2-4-10(8)13(9)11;/h1-7H,(H,12,14);1H. The molecule has 1 aromatic carbocycles. The highest BCUT2D eigenvalue weighted by atomic mass is 35.5. The van der Waals surface area contributed by atoms with Crippen molar-refractivity contribution in [2.24, 2.45) is 0 Å². The van der Waals surface area contributed by atoms with Crippen LogP contribution in [-0.4, -0.2) is 9.38 Å². The molecule has 0 radical (unpaired) electrons. The average Bonchev–Trinajstić information content (AvgIpc) is 2.57. The number of hydrogen-bond acceptors (Lipinski definition) is 1. The zero-order chi connectivity index (χ0) is 9.54. The molecule has 0 saturated carbocycles. The molecule has 0 fully saturated rings. The van der Waals surface area contributed by atoms with Crippen LogP contribution in [0.15, 0.2) is 47.4 Å². The van der Waals surface area contributed by atoms with E-state index in [1.807, 2.05) is 36.4 Å². The Morgan fingerprint density at radius 3 is 2.80 bits per heavy atom. The van der Waals surface area contributed by atoms with Crippen molar-refractivity contribution in [3.05, 3.63) is 53.1 Å². The molecular formula is C11H9ClN2O. The zero-order valence-corrected chi connectivity index (χ0v) is 8.62. The van der Waals surface area contributed by atoms with E-state index in [-0.39, 0.29) is 18.1 Å². The number of hydrogen-bond donors (Lipinski definition) is 1. The summed E-state index contributed by atoms with van der Waals surface area (Å²) in [4.78, 5) is 14.2. The van der Waals surface area contributed by atoms with Gasteiger partial charge in [0.2, 0.25) is 0 Å². The summed E-state index contributed by atoms with van der Waals surface area (Å²) < 4.78 is 1.68. The summed E-state index contributed by atoms with van der Waals surface area (Å²) in [6, 6.07) is 11.7. The van der Waals surface area contributed by atoms with E-state index in [0.717, 1.165) is 16.4 Å². The van der Waals surface area contributed by atoms with Crippen molar-refractivity contribution in [2.75, 3.05) is 0 Å². The molecule has 2 aromatic heterocycles. The Labute approximate surface area is 91.8 Å². The van der Waals surface area contributed by atoms with Gasteiger partial charge >= 0.3 is 5.69 Å². The van der Waals surface area contributed by atoms with Crippen molar-refractivity contribution >= 4 is 28.8 Å². The van der Waals surface area contributed by atoms with Gasteiger partial charge < -0.3 is 4.98 Å². The van der Waals surface area contributed by atoms with Gasteiger partial charge in [-0.2, -0.15) is 0 Å². The first-order valence-electron chi connectivity index (χ1n) is 4.44. The summed E-state index contributed by atoms with van der Waals surface area (Å²) in [5.74, 6) is 0. The topological polar surface area (TPSA) is 37.3 Å². The summed E-state index contributed by atoms with van der Waals surface area (Å²) in [5, 5.41) is 1.09. The highest BCUT2D eigenvalue weighted by molar-refractivity contribution is 5.86. The maximum atomic E-state index is 11.6. The molecule has 0 aliphatic carbocycles. The molecule has 76 valence electrons. The van der Waals surface area contributed by atoms with E-state index in [1.165, 1.54) is 0 Å². The SMILES string of the molecule is Cl.O=c1[nH]ccc2cc3ccccc3n12. The highest BCUT2D eigenvalue weighted by Crippen LogP contribution is 2.16. The molecule has 15 heavy (non-hydrogen) atoms. The van der Waals surface area contributed by atoms with Crippen LogP contribution in [0.3, 0.4) is 0 Å². The van der Waals surface area contributed by atoms with E-state index in [1.54, 1.807) is 10.6 Å². The first-order chi connectivity index (χ1) is 6.86. The number of nitrogens with zero attached hydrogens (tertiary/aromatic N) is 1. The lowest BCUT2D eigenvalue weighted by Crippen LogP contribution is -2.14. The molecule has 0 unspecified atom stereocenters. The second-order valence-electron chi connectivity index (χ2n) is 3.25. The molecule has 0 bridgehead atoms. The molecule has 2 heterocycles. The molecule has 0 spiro atoms. The Balaban J connectivity index is 0.000000853. The third kappa shape index (κ3) is 1.32. The van der Waals surface area contributed by atoms with Crippen LogP contribution >= 0.6 is 12.4 Å². The van der Waals surface area contributed by atoms with E-state index in [0.29, 0.717) is 0 Å². The minimum atomic E-state index is -0.0938. The van der Waals surface area contributed by atoms with E-state index in [4.69, 9.17) is 0 Å². The molecule has 3 nitrogen and oxygen atoms in total. The Morgan fingerprint density at radius 1 is 1.13 bits per heavy atom. The van der Waals surface area contributed by atoms with Crippen molar-refractivity contribution in [1.82, 2.24) is 9.38 Å². The first-order valence-corrected chi connectivity index (χ1v) is 4.44. The summed E-state index contributed by atoms with van der Waals surface area (Å²) in [5.41, 5.74) is 1.78. The predicted octanol–water partition coefficient (Wildman–Crippen LogP) is 2.20. The predicted molar refractivity (Wildman–Crippen MR) is 62.8 cm³/mol. The molecular weight excluding hydrogens is 212 g/mol. The van der Waals surface area contributed by atoms with Gasteiger partial charge in [0.25, 0.3) is 0 Å². The smallest absolute Gasteiger partial charge is 0.314 e. The van der Waals surface area contributed by atoms with Gasteiger partial charge in [-0.1, -0.05) is 18.2 Å². The molecule has 3 aromatic rings. The molecule has 1 N–H and O–H groups in total. The second kappa shape index (κ2) is 3.44. The second-order valence-corrected chi connectivity index (χ2v) is 3.25. The number of aromatic nitrogens is 2. The normalized spacial score (nSPS) is 10.4. The van der Waals surface area contributed by atoms with Crippen molar-refractivity contribution in [2.45, 2.75) is 0 Å². The van der Waals surface area contributed by atoms with Gasteiger partial charge in [-0.05, 0) is 18.2 Å². The minimum Gasteiger partial charge on any atom is -0.314 e. The van der Waals surface area contributed by atoms with E-state index < -0.39 is 0 Å². The monoisotopic (exact) mass is 220 g/mol. The molecule has 0 aliphatic heterocycles. The van der Waals surface area contributed by atoms with Crippen LogP contribution in [0.2, 0.25) is 0 Å². The molecule has 0 aliphatic rings. The maximum absolute atomic E-state index is 11.6. The quantitative estimate of drug-likeness (QED) is 0.620. The van der Waals surface area contributed by atoms with Gasteiger partial charge in [-0.25, -0.2) is 4.79 Å². The lowest BCUT2D eigenvalue weighted by atomic mass is 10.2. The van der Waals surface area contributed by atoms with E-state index in [9.17, 15) is 4.79 Å². The lowest BCUT2D eigenvalue weighted by molar-refractivity contribution is 1.04. The van der Waals surface area contributed by atoms with Gasteiger partial charge in [0.15, 0.2) is 0 Å². The van der Waals surface area contributed by atoms with Crippen molar-refractivity contribution in [1.29, 1.82) is 0 Å². The van der Waals surface area contributed by atoms with Crippen LogP contribution in [0.25, 0.3) is 16.4 Å². The van der Waals surface area contributed by atoms with E-state index >= 15 is 0 Å². The first kappa shape index (κ1) is 9.80. The number of fused-ring (bicyclic) bond motifs is 3. The fourth-order valence-corrected chi connectivity index (χ4v) is 1.79. The van der Waals surface area contributed by atoms with Crippen molar-refractivity contribution in [3.8, 4) is 0 Å². The molecule has 0 atom stereocenters. The van der Waals surface area contributed by atoms with Gasteiger partial charge in [0.05, 0.1) is 11.0 Å². The Kier molecular flexibility index (Phi) is 2.25. The summed E-state index contributed by atoms with van der Waals surface area (Å²) in [6.07, 6.45) is 1.66. The van der Waals surface area contributed by atoms with Crippen molar-refractivity contribution < 1.29 is 0 Å². The number of aromatic amines is 1. The molecule has 0 amide bonds. The lowest BCUT2D eigenvalue weighted by Gasteiger charge is -1.93. The number of H-pyrrole nitrogens is 1. The highest BCUT2D eigenvalue weighted by Gasteiger charge is 2.02. The van der Waals surface area contributed by atoms with Crippen molar-refractivity contribution in [3.63, 3.8) is 0 Å². The van der Waals surface area contributed by atoms with Gasteiger partial charge in [-0.3, -0.25) is 4.40 Å². The fourth-order valence-electron chi connectivity index (χ4n) is 1.79. The summed E-state index contributed by atoms with van der Waals surface area (Å²) >= 11 is 0. The van der Waals surface area contributed by atoms with Gasteiger partial charge in [-0.15, -0.1) is 12.4 Å². The third-order valence-electron chi connectivity index (χ3n) is 2.40. The Morgan fingerprint density at radius 2 is 1.93 bits per heavy atom. The molecule has 4 heteroatoms. The molecule has 0 saturated heterocycles. The number of nitrogens with one attached hydrogen (secondary N) is 1. The average molecular weight is 221 g/mol. The van der Waals surface area contributed by atoms with Crippen LogP contribution in [0.4, 0.5) is 0 Å². The maximum Gasteiger partial charge on any atom is 0.330 e. The summed E-state index contributed by atoms with van der Waals surface area (Å²) in [7, 11) is 0. The molecule has 3 rings (SSSR count). The fraction of sp³-hybridized carbons (Fsp3) is 0. The minimum absolute atomic E-state index is 0. The summed E-state index contributed by atoms with van der Waals surface area (Å²) in [6.45, 7) is 0. The van der Waals surface area contributed by atoms with Gasteiger partial charge in [0.1, 0.15) is 0 Å². The number of para-hydroxylation sites is 1. The number of benzene rings is 1. The Hall–Kier alpha value is -1.74. The van der Waals surface area contributed by atoms with Gasteiger partial charge in [0, 0.05) is 11.6 Å². The number of rotatable bonds is 0. The van der Waals surface area contributed by atoms with Crippen LogP contribution in [0, 0.1) is 0 Å². The van der Waals surface area contributed by atoms with Crippen LogP contribution in [-0.2, 0) is 0 Å². The largest absolute Gasteiger partial charge is 0.330 e. The van der Waals surface area contributed by atoms with Crippen LogP contribution in [0.1, 0.15) is 0 Å². The van der Waals surface area contributed by atoms with E-state index in [2.05, 4.69) is 4.98 Å². The Bertz CT molecular complexity index is 669.